The van der Waals surface area contributed by atoms with Crippen LogP contribution in [0.1, 0.15) is 29.7 Å². The van der Waals surface area contributed by atoms with Crippen molar-refractivity contribution in [3.8, 4) is 5.69 Å². The third-order valence-corrected chi connectivity index (χ3v) is 3.86. The molecule has 3 nitrogen and oxygen atoms in total. The Labute approximate surface area is 122 Å². The zero-order valence-electron chi connectivity index (χ0n) is 12.3. The summed E-state index contributed by atoms with van der Waals surface area (Å²) in [5.41, 5.74) is 5.49. The standard InChI is InChI=1S/C17H17FN2O/c1-10-6-15-17(7-11(10)2)20(9-19-15)16-5-4-13(18)8-14(16)12(3)21/h4-9,12,21H,1-3H3. The van der Waals surface area contributed by atoms with Crippen molar-refractivity contribution in [2.75, 3.05) is 0 Å². The average molecular weight is 284 g/mol. The van der Waals surface area contributed by atoms with Crippen LogP contribution in [0.15, 0.2) is 36.7 Å². The Morgan fingerprint density at radius 2 is 1.86 bits per heavy atom. The minimum atomic E-state index is -0.750. The fourth-order valence-corrected chi connectivity index (χ4v) is 2.54. The number of aryl methyl sites for hydroxylation is 2. The van der Waals surface area contributed by atoms with Crippen molar-refractivity contribution in [3.05, 3.63) is 59.2 Å². The summed E-state index contributed by atoms with van der Waals surface area (Å²) in [5.74, 6) is -0.355. The number of fused-ring (bicyclic) bond motifs is 1. The van der Waals surface area contributed by atoms with Gasteiger partial charge < -0.3 is 5.11 Å². The predicted molar refractivity (Wildman–Crippen MR) is 81.1 cm³/mol. The van der Waals surface area contributed by atoms with Gasteiger partial charge in [-0.1, -0.05) is 0 Å². The van der Waals surface area contributed by atoms with Gasteiger partial charge in [-0.15, -0.1) is 0 Å². The molecule has 0 radical (unpaired) electrons. The fourth-order valence-electron chi connectivity index (χ4n) is 2.54. The Kier molecular flexibility index (Phi) is 3.26. The summed E-state index contributed by atoms with van der Waals surface area (Å²) in [7, 11) is 0. The highest BCUT2D eigenvalue weighted by atomic mass is 19.1. The quantitative estimate of drug-likeness (QED) is 0.776. The Balaban J connectivity index is 2.28. The molecular weight excluding hydrogens is 267 g/mol. The lowest BCUT2D eigenvalue weighted by Crippen LogP contribution is -2.02. The smallest absolute Gasteiger partial charge is 0.123 e. The highest BCUT2D eigenvalue weighted by Gasteiger charge is 2.14. The van der Waals surface area contributed by atoms with Gasteiger partial charge in [-0.2, -0.15) is 0 Å². The third-order valence-electron chi connectivity index (χ3n) is 3.86. The fraction of sp³-hybridized carbons (Fsp3) is 0.235. The van der Waals surface area contributed by atoms with Gasteiger partial charge in [0.1, 0.15) is 12.1 Å². The SMILES string of the molecule is Cc1cc2ncn(-c3ccc(F)cc3C(C)O)c2cc1C. The number of hydrogen-bond acceptors (Lipinski definition) is 2. The molecule has 21 heavy (non-hydrogen) atoms. The van der Waals surface area contributed by atoms with E-state index in [2.05, 4.69) is 11.1 Å². The van der Waals surface area contributed by atoms with E-state index in [1.807, 2.05) is 24.5 Å². The molecule has 0 saturated heterocycles. The number of benzene rings is 2. The molecule has 0 spiro atoms. The summed E-state index contributed by atoms with van der Waals surface area (Å²) in [4.78, 5) is 4.41. The van der Waals surface area contributed by atoms with Gasteiger partial charge in [-0.3, -0.25) is 4.57 Å². The highest BCUT2D eigenvalue weighted by molar-refractivity contribution is 5.79. The molecule has 2 aromatic carbocycles. The van der Waals surface area contributed by atoms with Crippen LogP contribution in [0, 0.1) is 19.7 Å². The first-order chi connectivity index (χ1) is 9.97. The number of nitrogens with zero attached hydrogens (tertiary/aromatic N) is 2. The molecule has 0 bridgehead atoms. The summed E-state index contributed by atoms with van der Waals surface area (Å²) in [6, 6.07) is 8.54. The Morgan fingerprint density at radius 1 is 1.14 bits per heavy atom. The van der Waals surface area contributed by atoms with Gasteiger partial charge >= 0.3 is 0 Å². The molecule has 3 aromatic rings. The second kappa shape index (κ2) is 4.97. The molecule has 1 atom stereocenters. The zero-order chi connectivity index (χ0) is 15.1. The predicted octanol–water partition coefficient (Wildman–Crippen LogP) is 3.83. The van der Waals surface area contributed by atoms with Crippen LogP contribution < -0.4 is 0 Å². The van der Waals surface area contributed by atoms with Gasteiger partial charge in [0, 0.05) is 5.56 Å². The van der Waals surface area contributed by atoms with Crippen molar-refractivity contribution < 1.29 is 9.50 Å². The molecule has 0 fully saturated rings. The van der Waals surface area contributed by atoms with Crippen LogP contribution in [-0.2, 0) is 0 Å². The molecule has 1 aromatic heterocycles. The van der Waals surface area contributed by atoms with Crippen LogP contribution in [-0.4, -0.2) is 14.7 Å². The van der Waals surface area contributed by atoms with Crippen molar-refractivity contribution in [1.82, 2.24) is 9.55 Å². The molecule has 0 aliphatic rings. The Bertz CT molecular complexity index is 821. The van der Waals surface area contributed by atoms with Gasteiger partial charge in [0.25, 0.3) is 0 Å². The van der Waals surface area contributed by atoms with E-state index in [1.165, 1.54) is 23.3 Å². The van der Waals surface area contributed by atoms with E-state index in [-0.39, 0.29) is 5.82 Å². The van der Waals surface area contributed by atoms with Crippen LogP contribution in [0.2, 0.25) is 0 Å². The lowest BCUT2D eigenvalue weighted by atomic mass is 10.1. The molecule has 108 valence electrons. The minimum Gasteiger partial charge on any atom is -0.389 e. The lowest BCUT2D eigenvalue weighted by Gasteiger charge is -2.14. The number of aliphatic hydroxyl groups is 1. The molecule has 1 N–H and O–H groups in total. The van der Waals surface area contributed by atoms with Crippen molar-refractivity contribution >= 4 is 11.0 Å². The minimum absolute atomic E-state index is 0.355. The van der Waals surface area contributed by atoms with Gasteiger partial charge in [0.2, 0.25) is 0 Å². The number of aliphatic hydroxyl groups excluding tert-OH is 1. The number of hydrogen-bond donors (Lipinski definition) is 1. The monoisotopic (exact) mass is 284 g/mol. The van der Waals surface area contributed by atoms with Gasteiger partial charge in [0.15, 0.2) is 0 Å². The zero-order valence-corrected chi connectivity index (χ0v) is 12.3. The van der Waals surface area contributed by atoms with Crippen LogP contribution >= 0.6 is 0 Å². The van der Waals surface area contributed by atoms with Crippen LogP contribution in [0.25, 0.3) is 16.7 Å². The first-order valence-electron chi connectivity index (χ1n) is 6.89. The molecule has 1 unspecified atom stereocenters. The van der Waals surface area contributed by atoms with E-state index in [0.717, 1.165) is 16.7 Å². The summed E-state index contributed by atoms with van der Waals surface area (Å²) in [5, 5.41) is 9.90. The summed E-state index contributed by atoms with van der Waals surface area (Å²) in [6.45, 7) is 5.73. The normalized spacial score (nSPS) is 12.8. The molecule has 4 heteroatoms. The molecule has 3 rings (SSSR count). The molecule has 0 aliphatic carbocycles. The Morgan fingerprint density at radius 3 is 2.57 bits per heavy atom. The topological polar surface area (TPSA) is 38.0 Å². The molecule has 1 heterocycles. The first kappa shape index (κ1) is 13.8. The van der Waals surface area contributed by atoms with Crippen LogP contribution in [0.3, 0.4) is 0 Å². The van der Waals surface area contributed by atoms with E-state index in [1.54, 1.807) is 19.3 Å². The van der Waals surface area contributed by atoms with E-state index in [9.17, 15) is 9.50 Å². The van der Waals surface area contributed by atoms with E-state index < -0.39 is 6.10 Å². The second-order valence-electron chi connectivity index (χ2n) is 5.42. The maximum absolute atomic E-state index is 13.4. The van der Waals surface area contributed by atoms with E-state index >= 15 is 0 Å². The summed E-state index contributed by atoms with van der Waals surface area (Å²) in [6.07, 6.45) is 0.961. The van der Waals surface area contributed by atoms with Crippen LogP contribution in [0.4, 0.5) is 4.39 Å². The Hall–Kier alpha value is -2.20. The average Bonchev–Trinajstić information content (AvgIpc) is 2.82. The number of aromatic nitrogens is 2. The second-order valence-corrected chi connectivity index (χ2v) is 5.42. The van der Waals surface area contributed by atoms with Crippen LogP contribution in [0.5, 0.6) is 0 Å². The van der Waals surface area contributed by atoms with Crippen molar-refractivity contribution in [1.29, 1.82) is 0 Å². The number of halogens is 1. The van der Waals surface area contributed by atoms with Gasteiger partial charge in [-0.05, 0) is 62.2 Å². The molecule has 0 saturated carbocycles. The van der Waals surface area contributed by atoms with E-state index in [4.69, 9.17) is 0 Å². The summed E-state index contributed by atoms with van der Waals surface area (Å²) < 4.78 is 15.3. The summed E-state index contributed by atoms with van der Waals surface area (Å²) >= 11 is 0. The highest BCUT2D eigenvalue weighted by Crippen LogP contribution is 2.27. The first-order valence-corrected chi connectivity index (χ1v) is 6.89. The molecule has 0 aliphatic heterocycles. The van der Waals surface area contributed by atoms with Crippen molar-refractivity contribution in [2.45, 2.75) is 26.9 Å². The van der Waals surface area contributed by atoms with Gasteiger partial charge in [-0.25, -0.2) is 9.37 Å². The maximum Gasteiger partial charge on any atom is 0.123 e. The van der Waals surface area contributed by atoms with Gasteiger partial charge in [0.05, 0.1) is 22.8 Å². The molecule has 0 amide bonds. The lowest BCUT2D eigenvalue weighted by molar-refractivity contribution is 0.198. The number of imidazole rings is 1. The van der Waals surface area contributed by atoms with Crippen molar-refractivity contribution in [2.24, 2.45) is 0 Å². The largest absolute Gasteiger partial charge is 0.389 e. The van der Waals surface area contributed by atoms with E-state index in [0.29, 0.717) is 5.56 Å². The van der Waals surface area contributed by atoms with Crippen molar-refractivity contribution in [3.63, 3.8) is 0 Å². The maximum atomic E-state index is 13.4. The molecular formula is C17H17FN2O. The number of rotatable bonds is 2. The third kappa shape index (κ3) is 2.32.